The van der Waals surface area contributed by atoms with Crippen LogP contribution in [0.2, 0.25) is 0 Å². The first-order valence-electron chi connectivity index (χ1n) is 6.16. The molecular weight excluding hydrogens is 248 g/mol. The Morgan fingerprint density at radius 1 is 1.37 bits per heavy atom. The lowest BCUT2D eigenvalue weighted by molar-refractivity contribution is -0.120. The first kappa shape index (κ1) is 13.4. The topological polar surface area (TPSA) is 98.7 Å². The Morgan fingerprint density at radius 2 is 2.16 bits per heavy atom. The molecule has 6 nitrogen and oxygen atoms in total. The molecule has 0 aliphatic carbocycles. The number of hydrogen-bond acceptors (Lipinski definition) is 4. The van der Waals surface area contributed by atoms with Gasteiger partial charge < -0.3 is 20.8 Å². The molecule has 102 valence electrons. The number of benzene rings is 1. The van der Waals surface area contributed by atoms with Gasteiger partial charge in [0.1, 0.15) is 11.3 Å². The first-order chi connectivity index (χ1) is 9.08. The molecule has 0 aromatic heterocycles. The summed E-state index contributed by atoms with van der Waals surface area (Å²) in [6.45, 7) is 1.56. The molecular formula is C13H16N2O4. The molecule has 0 radical (unpaired) electrons. The molecule has 2 rings (SSSR count). The van der Waals surface area contributed by atoms with E-state index in [1.54, 1.807) is 0 Å². The molecule has 0 saturated carbocycles. The minimum Gasteiger partial charge on any atom is -0.507 e. The van der Waals surface area contributed by atoms with Crippen LogP contribution in [-0.2, 0) is 4.79 Å². The number of carboxylic acid groups (broad SMARTS) is 1. The minimum atomic E-state index is -1.23. The summed E-state index contributed by atoms with van der Waals surface area (Å²) in [7, 11) is 0. The maximum absolute atomic E-state index is 12.0. The van der Waals surface area contributed by atoms with Gasteiger partial charge in [-0.05, 0) is 37.6 Å². The van der Waals surface area contributed by atoms with Gasteiger partial charge in [-0.15, -0.1) is 0 Å². The molecule has 1 atom stereocenters. The molecule has 4 N–H and O–H groups in total. The van der Waals surface area contributed by atoms with Gasteiger partial charge in [0.25, 0.3) is 0 Å². The lowest BCUT2D eigenvalue weighted by Gasteiger charge is -2.22. The number of aromatic hydroxyl groups is 1. The van der Waals surface area contributed by atoms with E-state index < -0.39 is 5.97 Å². The molecule has 1 unspecified atom stereocenters. The number of carboxylic acids is 1. The van der Waals surface area contributed by atoms with Gasteiger partial charge in [-0.1, -0.05) is 0 Å². The molecule has 6 heteroatoms. The van der Waals surface area contributed by atoms with E-state index in [0.717, 1.165) is 19.4 Å². The highest BCUT2D eigenvalue weighted by Crippen LogP contribution is 2.22. The van der Waals surface area contributed by atoms with E-state index in [2.05, 4.69) is 10.6 Å². The number of aromatic carboxylic acids is 1. The van der Waals surface area contributed by atoms with Crippen LogP contribution in [0.1, 0.15) is 23.2 Å². The summed E-state index contributed by atoms with van der Waals surface area (Å²) >= 11 is 0. The normalized spacial score (nSPS) is 18.8. The fourth-order valence-electron chi connectivity index (χ4n) is 2.11. The van der Waals surface area contributed by atoms with Gasteiger partial charge in [-0.25, -0.2) is 4.79 Å². The van der Waals surface area contributed by atoms with E-state index in [-0.39, 0.29) is 23.1 Å². The highest BCUT2D eigenvalue weighted by atomic mass is 16.4. The fourth-order valence-corrected chi connectivity index (χ4v) is 2.11. The zero-order valence-corrected chi connectivity index (χ0v) is 10.3. The van der Waals surface area contributed by atoms with Crippen molar-refractivity contribution in [2.45, 2.75) is 12.8 Å². The Morgan fingerprint density at radius 3 is 2.79 bits per heavy atom. The second-order valence-corrected chi connectivity index (χ2v) is 4.57. The Kier molecular flexibility index (Phi) is 4.01. The molecule has 1 aromatic rings. The Bertz CT molecular complexity index is 495. The Balaban J connectivity index is 2.08. The van der Waals surface area contributed by atoms with Gasteiger partial charge >= 0.3 is 5.97 Å². The number of rotatable bonds is 3. The average Bonchev–Trinajstić information content (AvgIpc) is 2.41. The number of nitrogens with one attached hydrogen (secondary N) is 2. The van der Waals surface area contributed by atoms with E-state index in [0.29, 0.717) is 12.2 Å². The lowest BCUT2D eigenvalue weighted by Crippen LogP contribution is -2.37. The van der Waals surface area contributed by atoms with Crippen LogP contribution in [-0.4, -0.2) is 35.2 Å². The average molecular weight is 264 g/mol. The largest absolute Gasteiger partial charge is 0.507 e. The quantitative estimate of drug-likeness (QED) is 0.611. The maximum Gasteiger partial charge on any atom is 0.339 e. The zero-order valence-electron chi connectivity index (χ0n) is 10.3. The van der Waals surface area contributed by atoms with Crippen molar-refractivity contribution in [2.75, 3.05) is 18.4 Å². The van der Waals surface area contributed by atoms with Crippen molar-refractivity contribution in [3.8, 4) is 5.75 Å². The highest BCUT2D eigenvalue weighted by molar-refractivity contribution is 5.96. The van der Waals surface area contributed by atoms with Crippen LogP contribution in [0.25, 0.3) is 0 Å². The van der Waals surface area contributed by atoms with Crippen LogP contribution in [0.4, 0.5) is 5.69 Å². The van der Waals surface area contributed by atoms with E-state index in [1.165, 1.54) is 18.2 Å². The van der Waals surface area contributed by atoms with Crippen LogP contribution in [0.15, 0.2) is 18.2 Å². The first-order valence-corrected chi connectivity index (χ1v) is 6.16. The summed E-state index contributed by atoms with van der Waals surface area (Å²) in [6.07, 6.45) is 1.77. The second-order valence-electron chi connectivity index (χ2n) is 4.57. The standard InChI is InChI=1S/C13H16N2O4/c16-11-4-3-9(6-10(11)13(18)19)15-12(17)8-2-1-5-14-7-8/h3-4,6,8,14,16H,1-2,5,7H2,(H,15,17)(H,18,19). The van der Waals surface area contributed by atoms with Crippen LogP contribution < -0.4 is 10.6 Å². The number of carbonyl (C=O) groups is 2. The highest BCUT2D eigenvalue weighted by Gasteiger charge is 2.21. The smallest absolute Gasteiger partial charge is 0.339 e. The Hall–Kier alpha value is -2.08. The van der Waals surface area contributed by atoms with E-state index in [9.17, 15) is 14.7 Å². The van der Waals surface area contributed by atoms with Gasteiger partial charge in [0.15, 0.2) is 0 Å². The van der Waals surface area contributed by atoms with Crippen LogP contribution in [0.5, 0.6) is 5.75 Å². The minimum absolute atomic E-state index is 0.101. The van der Waals surface area contributed by atoms with Crippen molar-refractivity contribution in [3.05, 3.63) is 23.8 Å². The molecule has 0 bridgehead atoms. The molecule has 1 fully saturated rings. The summed E-state index contributed by atoms with van der Waals surface area (Å²) < 4.78 is 0. The SMILES string of the molecule is O=C(O)c1cc(NC(=O)C2CCCNC2)ccc1O. The predicted octanol–water partition coefficient (Wildman–Crippen LogP) is 1.03. The van der Waals surface area contributed by atoms with Gasteiger partial charge in [0.05, 0.1) is 5.92 Å². The van der Waals surface area contributed by atoms with E-state index in [4.69, 9.17) is 5.11 Å². The number of carbonyl (C=O) groups excluding carboxylic acids is 1. The van der Waals surface area contributed by atoms with Crippen molar-refractivity contribution >= 4 is 17.6 Å². The summed E-state index contributed by atoms with van der Waals surface area (Å²) in [6, 6.07) is 4.00. The number of anilines is 1. The second kappa shape index (κ2) is 5.71. The third-order valence-corrected chi connectivity index (χ3v) is 3.16. The number of amides is 1. The molecule has 1 heterocycles. The number of piperidine rings is 1. The van der Waals surface area contributed by atoms with Crippen molar-refractivity contribution < 1.29 is 19.8 Å². The Labute approximate surface area is 110 Å². The monoisotopic (exact) mass is 264 g/mol. The molecule has 1 saturated heterocycles. The van der Waals surface area contributed by atoms with Crippen molar-refractivity contribution in [1.82, 2.24) is 5.32 Å². The number of phenols is 1. The van der Waals surface area contributed by atoms with Gasteiger partial charge in [0.2, 0.25) is 5.91 Å². The third kappa shape index (κ3) is 3.23. The fraction of sp³-hybridized carbons (Fsp3) is 0.385. The van der Waals surface area contributed by atoms with Crippen molar-refractivity contribution in [1.29, 1.82) is 0 Å². The van der Waals surface area contributed by atoms with Crippen LogP contribution >= 0.6 is 0 Å². The maximum atomic E-state index is 12.0. The molecule has 19 heavy (non-hydrogen) atoms. The van der Waals surface area contributed by atoms with Gasteiger partial charge in [0, 0.05) is 12.2 Å². The van der Waals surface area contributed by atoms with E-state index in [1.807, 2.05) is 0 Å². The summed E-state index contributed by atoms with van der Waals surface area (Å²) in [4.78, 5) is 22.9. The van der Waals surface area contributed by atoms with E-state index >= 15 is 0 Å². The summed E-state index contributed by atoms with van der Waals surface area (Å²) in [5.41, 5.74) is 0.158. The van der Waals surface area contributed by atoms with Crippen molar-refractivity contribution in [2.24, 2.45) is 5.92 Å². The zero-order chi connectivity index (χ0) is 13.8. The van der Waals surface area contributed by atoms with Crippen molar-refractivity contribution in [3.63, 3.8) is 0 Å². The molecule has 1 amide bonds. The van der Waals surface area contributed by atoms with Gasteiger partial charge in [-0.2, -0.15) is 0 Å². The predicted molar refractivity (Wildman–Crippen MR) is 69.3 cm³/mol. The third-order valence-electron chi connectivity index (χ3n) is 3.16. The van der Waals surface area contributed by atoms with Crippen LogP contribution in [0, 0.1) is 5.92 Å². The molecule has 1 aromatic carbocycles. The summed E-state index contributed by atoms with van der Waals surface area (Å²) in [5.74, 6) is -1.78. The van der Waals surface area contributed by atoms with Crippen LogP contribution in [0.3, 0.4) is 0 Å². The molecule has 1 aliphatic rings. The number of hydrogen-bond donors (Lipinski definition) is 4. The summed E-state index contributed by atoms with van der Waals surface area (Å²) in [5, 5.41) is 24.1. The van der Waals surface area contributed by atoms with Gasteiger partial charge in [-0.3, -0.25) is 4.79 Å². The molecule has 1 aliphatic heterocycles. The molecule has 0 spiro atoms. The lowest BCUT2D eigenvalue weighted by atomic mass is 9.98.